The van der Waals surface area contributed by atoms with Crippen LogP contribution in [0.3, 0.4) is 0 Å². The summed E-state index contributed by atoms with van der Waals surface area (Å²) in [5.74, 6) is 1.14. The predicted molar refractivity (Wildman–Crippen MR) is 81.8 cm³/mol. The Morgan fingerprint density at radius 2 is 2.33 bits per heavy atom. The van der Waals surface area contributed by atoms with Gasteiger partial charge in [-0.25, -0.2) is 0 Å². The average Bonchev–Trinajstić information content (AvgIpc) is 2.50. The number of nitrogens with two attached hydrogens (primary N) is 1. The Balaban J connectivity index is 1.91. The van der Waals surface area contributed by atoms with Crippen LogP contribution in [-0.2, 0) is 6.54 Å². The summed E-state index contributed by atoms with van der Waals surface area (Å²) in [6.07, 6.45) is 4.76. The zero-order chi connectivity index (χ0) is 14.8. The van der Waals surface area contributed by atoms with E-state index < -0.39 is 6.29 Å². The Kier molecular flexibility index (Phi) is 3.45. The maximum Gasteiger partial charge on any atom is 0.153 e. The Bertz CT molecular complexity index is 712. The molecule has 6 heteroatoms. The number of ether oxygens (including phenoxy) is 1. The van der Waals surface area contributed by atoms with Gasteiger partial charge in [0.2, 0.25) is 0 Å². The number of benzene rings is 1. The van der Waals surface area contributed by atoms with Crippen LogP contribution in [0.5, 0.6) is 5.75 Å². The lowest BCUT2D eigenvalue weighted by atomic mass is 10.1. The second-order valence-corrected chi connectivity index (χ2v) is 4.83. The lowest BCUT2D eigenvalue weighted by molar-refractivity contribution is 0.277. The van der Waals surface area contributed by atoms with E-state index in [1.165, 1.54) is 0 Å². The molecule has 1 unspecified atom stereocenters. The van der Waals surface area contributed by atoms with Gasteiger partial charge in [0.15, 0.2) is 6.29 Å². The molecule has 1 atom stereocenters. The Morgan fingerprint density at radius 3 is 3.10 bits per heavy atom. The molecule has 108 valence electrons. The highest BCUT2D eigenvalue weighted by atomic mass is 16.5. The quantitative estimate of drug-likeness (QED) is 0.792. The monoisotopic (exact) mass is 283 g/mol. The molecule has 4 N–H and O–H groups in total. The summed E-state index contributed by atoms with van der Waals surface area (Å²) in [5, 5.41) is 11.9. The summed E-state index contributed by atoms with van der Waals surface area (Å²) in [6.45, 7) is 0.525. The van der Waals surface area contributed by atoms with Crippen molar-refractivity contribution in [1.82, 2.24) is 15.2 Å². The molecule has 0 amide bonds. The van der Waals surface area contributed by atoms with Crippen molar-refractivity contribution < 1.29 is 4.74 Å². The first-order valence-corrected chi connectivity index (χ1v) is 6.64. The molecule has 1 aromatic carbocycles. The van der Waals surface area contributed by atoms with E-state index in [-0.39, 0.29) is 0 Å². The Morgan fingerprint density at radius 1 is 1.48 bits per heavy atom. The van der Waals surface area contributed by atoms with Crippen molar-refractivity contribution in [3.63, 3.8) is 0 Å². The van der Waals surface area contributed by atoms with Crippen LogP contribution in [0.1, 0.15) is 5.56 Å². The number of hydrogen-bond donors (Lipinski definition) is 3. The average molecular weight is 283 g/mol. The largest absolute Gasteiger partial charge is 0.494 e. The van der Waals surface area contributed by atoms with Gasteiger partial charge in [0.05, 0.1) is 7.11 Å². The number of methoxy groups -OCH3 is 1. The highest BCUT2D eigenvalue weighted by Crippen LogP contribution is 2.24. The number of fused-ring (bicyclic) bond motifs is 1. The van der Waals surface area contributed by atoms with Gasteiger partial charge >= 0.3 is 0 Å². The van der Waals surface area contributed by atoms with Crippen LogP contribution in [0.15, 0.2) is 42.7 Å². The van der Waals surface area contributed by atoms with Crippen molar-refractivity contribution in [2.45, 2.75) is 12.8 Å². The van der Waals surface area contributed by atoms with Gasteiger partial charge in [-0.2, -0.15) is 0 Å². The topological polar surface area (TPSA) is 87.3 Å². The van der Waals surface area contributed by atoms with E-state index in [0.717, 1.165) is 22.2 Å². The van der Waals surface area contributed by atoms with E-state index in [9.17, 15) is 0 Å². The van der Waals surface area contributed by atoms with E-state index >= 15 is 0 Å². The summed E-state index contributed by atoms with van der Waals surface area (Å²) in [4.78, 5) is 6.23. The van der Waals surface area contributed by atoms with Gasteiger partial charge in [-0.05, 0) is 23.8 Å². The third-order valence-corrected chi connectivity index (χ3v) is 3.46. The number of para-hydroxylation sites is 1. The molecule has 0 saturated carbocycles. The minimum absolute atomic E-state index is 0.381. The summed E-state index contributed by atoms with van der Waals surface area (Å²) in [5.41, 5.74) is 7.78. The molecule has 0 aliphatic carbocycles. The molecule has 0 saturated heterocycles. The molecule has 1 aliphatic rings. The van der Waals surface area contributed by atoms with E-state index in [2.05, 4.69) is 10.3 Å². The van der Waals surface area contributed by atoms with Gasteiger partial charge in [-0.3, -0.25) is 16.1 Å². The molecule has 6 nitrogen and oxygen atoms in total. The third-order valence-electron chi connectivity index (χ3n) is 3.46. The van der Waals surface area contributed by atoms with Crippen molar-refractivity contribution >= 4 is 16.7 Å². The lowest BCUT2D eigenvalue weighted by Gasteiger charge is -2.32. The highest BCUT2D eigenvalue weighted by molar-refractivity contribution is 5.91. The fourth-order valence-corrected chi connectivity index (χ4v) is 2.37. The molecule has 0 fully saturated rings. The fourth-order valence-electron chi connectivity index (χ4n) is 2.37. The SMILES string of the molecule is COc1cccc2cc(CN3C(=N)C=CNC3N)cnc12. The minimum Gasteiger partial charge on any atom is -0.494 e. The van der Waals surface area contributed by atoms with Crippen molar-refractivity contribution in [3.05, 3.63) is 48.3 Å². The number of rotatable bonds is 3. The van der Waals surface area contributed by atoms with Crippen molar-refractivity contribution in [3.8, 4) is 5.75 Å². The van der Waals surface area contributed by atoms with E-state index in [1.807, 2.05) is 24.3 Å². The lowest BCUT2D eigenvalue weighted by Crippen LogP contribution is -2.54. The molecule has 0 spiro atoms. The van der Waals surface area contributed by atoms with Crippen molar-refractivity contribution in [1.29, 1.82) is 5.41 Å². The molecule has 21 heavy (non-hydrogen) atoms. The van der Waals surface area contributed by atoms with E-state index in [0.29, 0.717) is 12.4 Å². The summed E-state index contributed by atoms with van der Waals surface area (Å²) >= 11 is 0. The predicted octanol–water partition coefficient (Wildman–Crippen LogP) is 1.38. The van der Waals surface area contributed by atoms with E-state index in [4.69, 9.17) is 15.9 Å². The maximum atomic E-state index is 7.93. The van der Waals surface area contributed by atoms with Crippen LogP contribution < -0.4 is 15.8 Å². The van der Waals surface area contributed by atoms with Gasteiger partial charge in [0.25, 0.3) is 0 Å². The Labute approximate surface area is 122 Å². The Hall–Kier alpha value is -2.60. The standard InChI is InChI=1S/C15H17N5O/c1-21-12-4-2-3-11-7-10(8-19-14(11)12)9-20-13(16)5-6-18-15(20)17/h2-8,15-16,18H,9,17H2,1H3. The van der Waals surface area contributed by atoms with Gasteiger partial charge in [-0.1, -0.05) is 12.1 Å². The second-order valence-electron chi connectivity index (χ2n) is 4.83. The number of aromatic nitrogens is 1. The normalized spacial score (nSPS) is 17.9. The molecule has 2 heterocycles. The number of hydrogen-bond acceptors (Lipinski definition) is 5. The minimum atomic E-state index is -0.400. The van der Waals surface area contributed by atoms with E-state index in [1.54, 1.807) is 30.5 Å². The van der Waals surface area contributed by atoms with Crippen molar-refractivity contribution in [2.75, 3.05) is 7.11 Å². The fraction of sp³-hybridized carbons (Fsp3) is 0.200. The molecule has 2 aromatic rings. The van der Waals surface area contributed by atoms with Crippen LogP contribution in [0.25, 0.3) is 10.9 Å². The molecular weight excluding hydrogens is 266 g/mol. The number of amidine groups is 1. The summed E-state index contributed by atoms with van der Waals surface area (Å²) in [6, 6.07) is 7.86. The molecular formula is C15H17N5O. The second kappa shape index (κ2) is 5.41. The smallest absolute Gasteiger partial charge is 0.153 e. The van der Waals surface area contributed by atoms with Crippen molar-refractivity contribution in [2.24, 2.45) is 5.73 Å². The van der Waals surface area contributed by atoms with Crippen LogP contribution in [0.4, 0.5) is 0 Å². The van der Waals surface area contributed by atoms with Crippen LogP contribution >= 0.6 is 0 Å². The summed E-state index contributed by atoms with van der Waals surface area (Å²) < 4.78 is 5.31. The molecule has 0 bridgehead atoms. The molecule has 3 rings (SSSR count). The van der Waals surface area contributed by atoms with Crippen LogP contribution in [0, 0.1) is 5.41 Å². The first-order valence-electron chi connectivity index (χ1n) is 6.64. The molecule has 1 aliphatic heterocycles. The van der Waals surface area contributed by atoms with Gasteiger partial charge in [0, 0.05) is 24.3 Å². The third kappa shape index (κ3) is 2.53. The molecule has 1 aromatic heterocycles. The number of nitrogens with zero attached hydrogens (tertiary/aromatic N) is 2. The summed E-state index contributed by atoms with van der Waals surface area (Å²) in [7, 11) is 1.64. The zero-order valence-corrected chi connectivity index (χ0v) is 11.7. The van der Waals surface area contributed by atoms with Crippen LogP contribution in [0.2, 0.25) is 0 Å². The number of nitrogens with one attached hydrogen (secondary N) is 2. The maximum absolute atomic E-state index is 7.93. The highest BCUT2D eigenvalue weighted by Gasteiger charge is 2.18. The van der Waals surface area contributed by atoms with Gasteiger partial charge in [0.1, 0.15) is 17.1 Å². The zero-order valence-electron chi connectivity index (χ0n) is 11.7. The first kappa shape index (κ1) is 13.4. The van der Waals surface area contributed by atoms with Gasteiger partial charge in [-0.15, -0.1) is 0 Å². The number of pyridine rings is 1. The molecule has 0 radical (unpaired) electrons. The van der Waals surface area contributed by atoms with Crippen LogP contribution in [-0.4, -0.2) is 29.1 Å². The first-order chi connectivity index (χ1) is 10.2. The van der Waals surface area contributed by atoms with Gasteiger partial charge < -0.3 is 15.0 Å².